The molecular weight excluding hydrogens is 287 g/mol. The average molecular weight is 303 g/mol. The van der Waals surface area contributed by atoms with Gasteiger partial charge in [0.1, 0.15) is 5.82 Å². The molecule has 1 rings (SSSR count). The highest BCUT2D eigenvalue weighted by atomic mass is 79.9. The maximum Gasteiger partial charge on any atom is 0.241 e. The summed E-state index contributed by atoms with van der Waals surface area (Å²) in [6, 6.07) is 3.87. The molecule has 0 heterocycles. The molecule has 0 spiro atoms. The van der Waals surface area contributed by atoms with Gasteiger partial charge in [-0.15, -0.1) is 0 Å². The number of para-hydroxylation sites is 1. The Morgan fingerprint density at radius 2 is 2.24 bits per heavy atom. The van der Waals surface area contributed by atoms with Crippen molar-refractivity contribution in [1.82, 2.24) is 0 Å². The number of halogens is 2. The Bertz CT molecular complexity index is 391. The molecule has 94 valence electrons. The second kappa shape index (κ2) is 6.12. The summed E-state index contributed by atoms with van der Waals surface area (Å²) in [5.41, 5.74) is 5.90. The number of amides is 1. The van der Waals surface area contributed by atoms with Gasteiger partial charge < -0.3 is 11.1 Å². The van der Waals surface area contributed by atoms with Gasteiger partial charge >= 0.3 is 0 Å². The fourth-order valence-electron chi connectivity index (χ4n) is 1.34. The molecule has 0 aliphatic rings. The van der Waals surface area contributed by atoms with Crippen LogP contribution in [0.25, 0.3) is 0 Å². The van der Waals surface area contributed by atoms with Crippen LogP contribution in [-0.4, -0.2) is 11.9 Å². The van der Waals surface area contributed by atoms with Crippen LogP contribution < -0.4 is 11.1 Å². The quantitative estimate of drug-likeness (QED) is 0.898. The molecular formula is C12H16BrFN2O. The van der Waals surface area contributed by atoms with E-state index in [1.165, 1.54) is 6.07 Å². The number of nitrogens with two attached hydrogens (primary N) is 1. The number of carbonyl (C=O) groups excluding carboxylic acids is 1. The Labute approximate surface area is 109 Å². The van der Waals surface area contributed by atoms with Crippen LogP contribution in [0, 0.1) is 11.7 Å². The lowest BCUT2D eigenvalue weighted by atomic mass is 9.99. The molecule has 5 heteroatoms. The minimum atomic E-state index is -0.633. The first-order chi connectivity index (χ1) is 7.97. The van der Waals surface area contributed by atoms with Crippen molar-refractivity contribution >= 4 is 27.5 Å². The van der Waals surface area contributed by atoms with Crippen LogP contribution in [-0.2, 0) is 4.79 Å². The van der Waals surface area contributed by atoms with E-state index in [0.29, 0.717) is 4.47 Å². The van der Waals surface area contributed by atoms with Gasteiger partial charge in [0.15, 0.2) is 0 Å². The highest BCUT2D eigenvalue weighted by Crippen LogP contribution is 2.25. The van der Waals surface area contributed by atoms with Gasteiger partial charge in [0.25, 0.3) is 0 Å². The largest absolute Gasteiger partial charge is 0.321 e. The number of nitrogens with one attached hydrogen (secondary N) is 1. The van der Waals surface area contributed by atoms with Crippen molar-refractivity contribution in [2.75, 3.05) is 5.32 Å². The molecule has 0 aromatic heterocycles. The van der Waals surface area contributed by atoms with E-state index in [4.69, 9.17) is 5.73 Å². The SMILES string of the molecule is CCC(C)C(N)C(=O)Nc1c(F)cccc1Br. The molecule has 2 atom stereocenters. The summed E-state index contributed by atoms with van der Waals surface area (Å²) in [6.07, 6.45) is 0.799. The van der Waals surface area contributed by atoms with E-state index in [0.717, 1.165) is 6.42 Å². The summed E-state index contributed by atoms with van der Waals surface area (Å²) in [5, 5.41) is 2.51. The fourth-order valence-corrected chi connectivity index (χ4v) is 1.78. The molecule has 0 aliphatic heterocycles. The van der Waals surface area contributed by atoms with E-state index >= 15 is 0 Å². The third kappa shape index (κ3) is 3.51. The molecule has 0 radical (unpaired) electrons. The molecule has 0 fully saturated rings. The zero-order chi connectivity index (χ0) is 13.0. The Balaban J connectivity index is 2.81. The van der Waals surface area contributed by atoms with Crippen molar-refractivity contribution in [2.24, 2.45) is 11.7 Å². The first-order valence-corrected chi connectivity index (χ1v) is 6.27. The molecule has 1 aromatic rings. The van der Waals surface area contributed by atoms with Gasteiger partial charge in [-0.3, -0.25) is 4.79 Å². The summed E-state index contributed by atoms with van der Waals surface area (Å²) in [4.78, 5) is 11.8. The van der Waals surface area contributed by atoms with Crippen LogP contribution in [0.2, 0.25) is 0 Å². The molecule has 0 aliphatic carbocycles. The van der Waals surface area contributed by atoms with Crippen LogP contribution in [0.15, 0.2) is 22.7 Å². The summed E-state index contributed by atoms with van der Waals surface area (Å²) in [6.45, 7) is 3.84. The normalized spacial score (nSPS) is 14.2. The third-order valence-electron chi connectivity index (χ3n) is 2.77. The molecule has 2 unspecified atom stereocenters. The lowest BCUT2D eigenvalue weighted by Gasteiger charge is -2.18. The van der Waals surface area contributed by atoms with E-state index in [1.807, 2.05) is 13.8 Å². The molecule has 17 heavy (non-hydrogen) atoms. The number of hydrogen-bond donors (Lipinski definition) is 2. The standard InChI is InChI=1S/C12H16BrFN2O/c1-3-7(2)10(15)12(17)16-11-8(13)5-4-6-9(11)14/h4-7,10H,3,15H2,1-2H3,(H,16,17). The molecule has 1 aromatic carbocycles. The van der Waals surface area contributed by atoms with Crippen molar-refractivity contribution in [3.05, 3.63) is 28.5 Å². The monoisotopic (exact) mass is 302 g/mol. The van der Waals surface area contributed by atoms with Gasteiger partial charge in [0.2, 0.25) is 5.91 Å². The van der Waals surface area contributed by atoms with E-state index in [1.54, 1.807) is 12.1 Å². The number of anilines is 1. The smallest absolute Gasteiger partial charge is 0.241 e. The van der Waals surface area contributed by atoms with Crippen molar-refractivity contribution in [3.8, 4) is 0 Å². The van der Waals surface area contributed by atoms with Crippen molar-refractivity contribution in [3.63, 3.8) is 0 Å². The molecule has 1 amide bonds. The first-order valence-electron chi connectivity index (χ1n) is 5.47. The second-order valence-electron chi connectivity index (χ2n) is 4.00. The predicted molar refractivity (Wildman–Crippen MR) is 70.2 cm³/mol. The van der Waals surface area contributed by atoms with Crippen molar-refractivity contribution in [2.45, 2.75) is 26.3 Å². The number of benzene rings is 1. The maximum absolute atomic E-state index is 13.5. The van der Waals surface area contributed by atoms with Crippen LogP contribution in [0.3, 0.4) is 0 Å². The molecule has 0 bridgehead atoms. The van der Waals surface area contributed by atoms with Gasteiger partial charge in [-0.1, -0.05) is 26.3 Å². The van der Waals surface area contributed by atoms with Gasteiger partial charge in [-0.2, -0.15) is 0 Å². The Kier molecular flexibility index (Phi) is 5.08. The number of hydrogen-bond acceptors (Lipinski definition) is 2. The number of rotatable bonds is 4. The topological polar surface area (TPSA) is 55.1 Å². The third-order valence-corrected chi connectivity index (χ3v) is 3.43. The van der Waals surface area contributed by atoms with Gasteiger partial charge in [-0.25, -0.2) is 4.39 Å². The number of carbonyl (C=O) groups is 1. The van der Waals surface area contributed by atoms with Gasteiger partial charge in [0.05, 0.1) is 11.7 Å². The zero-order valence-corrected chi connectivity index (χ0v) is 11.4. The first kappa shape index (κ1) is 14.1. The lowest BCUT2D eigenvalue weighted by molar-refractivity contribution is -0.118. The van der Waals surface area contributed by atoms with Gasteiger partial charge in [-0.05, 0) is 34.0 Å². The van der Waals surface area contributed by atoms with Crippen LogP contribution in [0.4, 0.5) is 10.1 Å². The highest BCUT2D eigenvalue weighted by molar-refractivity contribution is 9.10. The zero-order valence-electron chi connectivity index (χ0n) is 9.84. The Hall–Kier alpha value is -0.940. The summed E-state index contributed by atoms with van der Waals surface area (Å²) in [7, 11) is 0. The summed E-state index contributed by atoms with van der Waals surface area (Å²) in [5.74, 6) is -0.797. The average Bonchev–Trinajstić information content (AvgIpc) is 2.31. The minimum Gasteiger partial charge on any atom is -0.321 e. The lowest BCUT2D eigenvalue weighted by Crippen LogP contribution is -2.40. The highest BCUT2D eigenvalue weighted by Gasteiger charge is 2.21. The van der Waals surface area contributed by atoms with E-state index in [9.17, 15) is 9.18 Å². The van der Waals surface area contributed by atoms with Crippen molar-refractivity contribution in [1.29, 1.82) is 0 Å². The summed E-state index contributed by atoms with van der Waals surface area (Å²) < 4.78 is 14.0. The van der Waals surface area contributed by atoms with Crippen LogP contribution in [0.5, 0.6) is 0 Å². The molecule has 0 saturated carbocycles. The minimum absolute atomic E-state index is 0.0561. The summed E-state index contributed by atoms with van der Waals surface area (Å²) >= 11 is 3.18. The Morgan fingerprint density at radius 1 is 1.59 bits per heavy atom. The molecule has 3 N–H and O–H groups in total. The van der Waals surface area contributed by atoms with Crippen molar-refractivity contribution < 1.29 is 9.18 Å². The van der Waals surface area contributed by atoms with E-state index in [2.05, 4.69) is 21.2 Å². The van der Waals surface area contributed by atoms with Gasteiger partial charge in [0, 0.05) is 4.47 Å². The van der Waals surface area contributed by atoms with Crippen LogP contribution >= 0.6 is 15.9 Å². The Morgan fingerprint density at radius 3 is 2.76 bits per heavy atom. The van der Waals surface area contributed by atoms with Crippen LogP contribution in [0.1, 0.15) is 20.3 Å². The molecule has 0 saturated heterocycles. The fraction of sp³-hybridized carbons (Fsp3) is 0.417. The maximum atomic E-state index is 13.5. The van der Waals surface area contributed by atoms with E-state index in [-0.39, 0.29) is 17.5 Å². The second-order valence-corrected chi connectivity index (χ2v) is 4.85. The molecule has 3 nitrogen and oxygen atoms in total. The predicted octanol–water partition coefficient (Wildman–Crippen LogP) is 2.90. The van der Waals surface area contributed by atoms with E-state index < -0.39 is 11.9 Å².